The quantitative estimate of drug-likeness (QED) is 0.517. The van der Waals surface area contributed by atoms with E-state index in [1.54, 1.807) is 10.8 Å². The molecule has 5 nitrogen and oxygen atoms in total. The second-order valence-electron chi connectivity index (χ2n) is 8.59. The Hall–Kier alpha value is -2.92. The number of aromatic nitrogens is 3. The lowest BCUT2D eigenvalue weighted by atomic mass is 9.99. The second kappa shape index (κ2) is 6.81. The maximum Gasteiger partial charge on any atom is 0.330 e. The van der Waals surface area contributed by atoms with E-state index in [-0.39, 0.29) is 11.7 Å². The Morgan fingerprint density at radius 1 is 1.03 bits per heavy atom. The number of piperidine rings is 1. The maximum absolute atomic E-state index is 13.1. The van der Waals surface area contributed by atoms with E-state index in [4.69, 9.17) is 0 Å². The minimum atomic E-state index is 0.0858. The van der Waals surface area contributed by atoms with E-state index in [0.717, 1.165) is 43.5 Å². The molecule has 4 aromatic rings. The molecule has 0 N–H and O–H groups in total. The molecule has 0 saturated carbocycles. The second-order valence-corrected chi connectivity index (χ2v) is 8.59. The Balaban J connectivity index is 1.29. The zero-order chi connectivity index (χ0) is 20.2. The molecule has 2 aromatic heterocycles. The van der Waals surface area contributed by atoms with Gasteiger partial charge in [0, 0.05) is 37.9 Å². The average Bonchev–Trinajstić information content (AvgIpc) is 3.30. The predicted molar refractivity (Wildman–Crippen MR) is 120 cm³/mol. The van der Waals surface area contributed by atoms with Crippen molar-refractivity contribution >= 4 is 21.9 Å². The fraction of sp³-hybridized carbons (Fsp3) is 0.360. The largest absolute Gasteiger partial charge is 0.330 e. The van der Waals surface area contributed by atoms with Gasteiger partial charge in [-0.15, -0.1) is 0 Å². The van der Waals surface area contributed by atoms with E-state index < -0.39 is 0 Å². The summed E-state index contributed by atoms with van der Waals surface area (Å²) in [6.07, 6.45) is 4.88. The van der Waals surface area contributed by atoms with Crippen LogP contribution in [-0.2, 0) is 13.0 Å². The van der Waals surface area contributed by atoms with Crippen molar-refractivity contribution in [2.24, 2.45) is 0 Å². The Morgan fingerprint density at radius 2 is 1.83 bits per heavy atom. The number of fused-ring (bicyclic) bond motifs is 1. The molecule has 1 aliphatic heterocycles. The molecular weight excluding hydrogens is 372 g/mol. The normalized spacial score (nSPS) is 19.8. The van der Waals surface area contributed by atoms with Crippen LogP contribution in [0.3, 0.4) is 0 Å². The summed E-state index contributed by atoms with van der Waals surface area (Å²) in [4.78, 5) is 20.2. The third kappa shape index (κ3) is 2.51. The topological polar surface area (TPSA) is 43.1 Å². The summed E-state index contributed by atoms with van der Waals surface area (Å²) < 4.78 is 3.81. The average molecular weight is 399 g/mol. The molecule has 0 unspecified atom stereocenters. The highest BCUT2D eigenvalue weighted by molar-refractivity contribution is 5.91. The number of imidazole rings is 1. The van der Waals surface area contributed by atoms with Crippen molar-refractivity contribution in [2.75, 3.05) is 13.1 Å². The van der Waals surface area contributed by atoms with Gasteiger partial charge in [-0.05, 0) is 60.2 Å². The van der Waals surface area contributed by atoms with Crippen molar-refractivity contribution in [3.05, 3.63) is 76.3 Å². The van der Waals surface area contributed by atoms with Gasteiger partial charge < -0.3 is 0 Å². The van der Waals surface area contributed by atoms with Crippen LogP contribution in [0.15, 0.2) is 59.5 Å². The SMILES string of the molecule is CCn1c(=O)n(C2CCN([C@@H]3Cc4cccc5cccc3c45)CC2)c2cccnc21. The molecule has 2 aromatic carbocycles. The summed E-state index contributed by atoms with van der Waals surface area (Å²) in [5, 5.41) is 2.81. The highest BCUT2D eigenvalue weighted by Crippen LogP contribution is 2.41. The first-order valence-corrected chi connectivity index (χ1v) is 11.1. The maximum atomic E-state index is 13.1. The fourth-order valence-electron chi connectivity index (χ4n) is 5.74. The molecule has 2 aliphatic rings. The van der Waals surface area contributed by atoms with E-state index in [0.29, 0.717) is 12.6 Å². The lowest BCUT2D eigenvalue weighted by molar-refractivity contribution is 0.137. The number of rotatable bonds is 3. The summed E-state index contributed by atoms with van der Waals surface area (Å²) in [7, 11) is 0. The van der Waals surface area contributed by atoms with Gasteiger partial charge in [0.25, 0.3) is 0 Å². The smallest absolute Gasteiger partial charge is 0.296 e. The van der Waals surface area contributed by atoms with Crippen LogP contribution in [-0.4, -0.2) is 32.1 Å². The van der Waals surface area contributed by atoms with E-state index in [1.165, 1.54) is 21.9 Å². The monoisotopic (exact) mass is 398 g/mol. The standard InChI is InChI=1S/C25H26N4O/c1-2-28-24-21(10-5-13-26-24)29(25(28)30)19-11-14-27(15-12-19)22-16-18-8-3-6-17-7-4-9-20(22)23(17)18/h3-10,13,19,22H,2,11-12,14-16H2,1H3/t22-/m1/s1. The van der Waals surface area contributed by atoms with Gasteiger partial charge in [-0.1, -0.05) is 36.4 Å². The van der Waals surface area contributed by atoms with Crippen molar-refractivity contribution in [1.29, 1.82) is 0 Å². The molecule has 0 bridgehead atoms. The molecule has 5 heteroatoms. The van der Waals surface area contributed by atoms with Crippen LogP contribution in [0.5, 0.6) is 0 Å². The fourth-order valence-corrected chi connectivity index (χ4v) is 5.74. The summed E-state index contributed by atoms with van der Waals surface area (Å²) in [5.74, 6) is 0. The summed E-state index contributed by atoms with van der Waals surface area (Å²) >= 11 is 0. The first kappa shape index (κ1) is 17.9. The first-order valence-electron chi connectivity index (χ1n) is 11.1. The molecule has 30 heavy (non-hydrogen) atoms. The summed E-state index contributed by atoms with van der Waals surface area (Å²) in [6.45, 7) is 4.71. The Bertz CT molecular complexity index is 1300. The van der Waals surface area contributed by atoms with Gasteiger partial charge >= 0.3 is 5.69 Å². The molecule has 1 aliphatic carbocycles. The number of pyridine rings is 1. The number of benzene rings is 2. The number of likely N-dealkylation sites (tertiary alicyclic amines) is 1. The molecule has 0 amide bonds. The Kier molecular flexibility index (Phi) is 4.06. The lowest BCUT2D eigenvalue weighted by Gasteiger charge is -2.36. The molecule has 0 radical (unpaired) electrons. The van der Waals surface area contributed by atoms with Crippen LogP contribution in [0.1, 0.15) is 43.0 Å². The molecule has 152 valence electrons. The number of nitrogens with zero attached hydrogens (tertiary/aromatic N) is 4. The molecule has 1 saturated heterocycles. The number of aryl methyl sites for hydroxylation is 1. The van der Waals surface area contributed by atoms with Crippen molar-refractivity contribution in [3.63, 3.8) is 0 Å². The van der Waals surface area contributed by atoms with Gasteiger partial charge in [-0.25, -0.2) is 9.78 Å². The molecule has 0 spiro atoms. The highest BCUT2D eigenvalue weighted by atomic mass is 16.1. The van der Waals surface area contributed by atoms with Crippen LogP contribution in [0.25, 0.3) is 21.9 Å². The molecular formula is C25H26N4O. The van der Waals surface area contributed by atoms with E-state index >= 15 is 0 Å². The summed E-state index contributed by atoms with van der Waals surface area (Å²) in [6, 6.07) is 18.1. The van der Waals surface area contributed by atoms with Gasteiger partial charge in [0.15, 0.2) is 5.65 Å². The Labute approximate surface area is 175 Å². The number of hydrogen-bond donors (Lipinski definition) is 0. The van der Waals surface area contributed by atoms with Crippen molar-refractivity contribution in [3.8, 4) is 0 Å². The predicted octanol–water partition coefficient (Wildman–Crippen LogP) is 4.31. The van der Waals surface area contributed by atoms with Crippen molar-refractivity contribution in [2.45, 2.75) is 44.8 Å². The van der Waals surface area contributed by atoms with Gasteiger partial charge in [0.2, 0.25) is 0 Å². The lowest BCUT2D eigenvalue weighted by Crippen LogP contribution is -2.39. The highest BCUT2D eigenvalue weighted by Gasteiger charge is 2.33. The van der Waals surface area contributed by atoms with Gasteiger partial charge in [0.05, 0.1) is 5.52 Å². The Morgan fingerprint density at radius 3 is 2.63 bits per heavy atom. The first-order chi connectivity index (χ1) is 14.8. The van der Waals surface area contributed by atoms with E-state index in [1.807, 2.05) is 23.6 Å². The van der Waals surface area contributed by atoms with E-state index in [9.17, 15) is 4.79 Å². The van der Waals surface area contributed by atoms with E-state index in [2.05, 4.69) is 46.3 Å². The summed E-state index contributed by atoms with van der Waals surface area (Å²) in [5.41, 5.74) is 4.82. The van der Waals surface area contributed by atoms with Gasteiger partial charge in [-0.2, -0.15) is 0 Å². The minimum Gasteiger partial charge on any atom is -0.296 e. The van der Waals surface area contributed by atoms with Crippen molar-refractivity contribution < 1.29 is 0 Å². The van der Waals surface area contributed by atoms with Crippen LogP contribution in [0.4, 0.5) is 0 Å². The molecule has 6 rings (SSSR count). The molecule has 1 fully saturated rings. The third-order valence-corrected chi connectivity index (χ3v) is 7.13. The van der Waals surface area contributed by atoms with Crippen LogP contribution < -0.4 is 5.69 Å². The molecule has 1 atom stereocenters. The van der Waals surface area contributed by atoms with Gasteiger partial charge in [0.1, 0.15) is 0 Å². The minimum absolute atomic E-state index is 0.0858. The molecule has 3 heterocycles. The van der Waals surface area contributed by atoms with Gasteiger partial charge in [-0.3, -0.25) is 14.0 Å². The number of hydrogen-bond acceptors (Lipinski definition) is 3. The van der Waals surface area contributed by atoms with Crippen LogP contribution in [0.2, 0.25) is 0 Å². The zero-order valence-electron chi connectivity index (χ0n) is 17.3. The van der Waals surface area contributed by atoms with Crippen molar-refractivity contribution in [1.82, 2.24) is 19.0 Å². The third-order valence-electron chi connectivity index (χ3n) is 7.13. The van der Waals surface area contributed by atoms with Crippen LogP contribution in [0, 0.1) is 0 Å². The zero-order valence-corrected chi connectivity index (χ0v) is 17.3. The van der Waals surface area contributed by atoms with Crippen LogP contribution >= 0.6 is 0 Å².